The van der Waals surface area contributed by atoms with Crippen LogP contribution in [0.25, 0.3) is 33.9 Å². The molecule has 102 valence electrons. The van der Waals surface area contributed by atoms with Gasteiger partial charge in [-0.2, -0.15) is 4.98 Å². The molecule has 3 aromatic heterocycles. The lowest BCUT2D eigenvalue weighted by Crippen LogP contribution is -2.09. The van der Waals surface area contributed by atoms with Gasteiger partial charge in [-0.3, -0.25) is 4.79 Å². The van der Waals surface area contributed by atoms with Gasteiger partial charge in [-0.05, 0) is 29.7 Å². The zero-order valence-corrected chi connectivity index (χ0v) is 10.7. The highest BCUT2D eigenvalue weighted by Crippen LogP contribution is 2.22. The zero-order valence-electron chi connectivity index (χ0n) is 10.7. The zero-order chi connectivity index (χ0) is 14.2. The molecule has 0 bridgehead atoms. The molecule has 0 aliphatic heterocycles. The Kier molecular flexibility index (Phi) is 2.47. The van der Waals surface area contributed by atoms with Crippen LogP contribution in [0, 0.1) is 0 Å². The van der Waals surface area contributed by atoms with Crippen molar-refractivity contribution in [1.82, 2.24) is 15.1 Å². The maximum Gasteiger partial charge on any atom is 0.293 e. The number of furan rings is 1. The Morgan fingerprint density at radius 2 is 2.00 bits per heavy atom. The molecule has 0 saturated heterocycles. The number of hydrogen-bond donors (Lipinski definition) is 1. The lowest BCUT2D eigenvalue weighted by atomic mass is 10.1. The fraction of sp³-hybridized carbons (Fsp3) is 0. The first kappa shape index (κ1) is 11.7. The summed E-state index contributed by atoms with van der Waals surface area (Å²) in [6.45, 7) is 0. The Morgan fingerprint density at radius 1 is 1.10 bits per heavy atom. The minimum absolute atomic E-state index is 0.230. The monoisotopic (exact) mass is 279 g/mol. The molecule has 0 saturated carbocycles. The summed E-state index contributed by atoms with van der Waals surface area (Å²) in [5, 5.41) is 4.74. The van der Waals surface area contributed by atoms with Crippen LogP contribution in [0.15, 0.2) is 62.5 Å². The van der Waals surface area contributed by atoms with Crippen LogP contribution in [0.3, 0.4) is 0 Å². The molecule has 4 rings (SSSR count). The average molecular weight is 279 g/mol. The summed E-state index contributed by atoms with van der Waals surface area (Å²) in [6, 6.07) is 12.7. The van der Waals surface area contributed by atoms with Crippen LogP contribution in [-0.2, 0) is 0 Å². The molecule has 0 fully saturated rings. The van der Waals surface area contributed by atoms with Gasteiger partial charge in [-0.25, -0.2) is 0 Å². The Bertz CT molecular complexity index is 967. The van der Waals surface area contributed by atoms with E-state index >= 15 is 0 Å². The number of rotatable bonds is 2. The van der Waals surface area contributed by atoms with E-state index in [0.717, 1.165) is 10.9 Å². The summed E-state index contributed by atoms with van der Waals surface area (Å²) in [6.07, 6.45) is 1.52. The fourth-order valence-electron chi connectivity index (χ4n) is 2.15. The van der Waals surface area contributed by atoms with E-state index in [1.165, 1.54) is 6.26 Å². The van der Waals surface area contributed by atoms with E-state index in [0.29, 0.717) is 11.3 Å². The van der Waals surface area contributed by atoms with E-state index in [1.807, 2.05) is 24.3 Å². The fourth-order valence-corrected chi connectivity index (χ4v) is 2.15. The molecule has 3 heterocycles. The second-order valence-electron chi connectivity index (χ2n) is 4.50. The molecule has 6 nitrogen and oxygen atoms in total. The molecule has 0 aliphatic rings. The van der Waals surface area contributed by atoms with E-state index in [9.17, 15) is 4.79 Å². The standard InChI is InChI=1S/C15H9N3O3/c19-14-10(8-9-4-1-2-5-11(9)16-14)13-17-15(21-18-13)12-6-3-7-20-12/h1-8H,(H,16,19). The molecule has 0 spiro atoms. The Hall–Kier alpha value is -3.15. The molecule has 6 heteroatoms. The lowest BCUT2D eigenvalue weighted by Gasteiger charge is -1.98. The van der Waals surface area contributed by atoms with E-state index < -0.39 is 0 Å². The van der Waals surface area contributed by atoms with E-state index in [-0.39, 0.29) is 17.3 Å². The van der Waals surface area contributed by atoms with Crippen LogP contribution >= 0.6 is 0 Å². The minimum atomic E-state index is -0.263. The van der Waals surface area contributed by atoms with Gasteiger partial charge >= 0.3 is 0 Å². The van der Waals surface area contributed by atoms with Crippen molar-refractivity contribution in [2.75, 3.05) is 0 Å². The summed E-state index contributed by atoms with van der Waals surface area (Å²) in [7, 11) is 0. The highest BCUT2D eigenvalue weighted by Gasteiger charge is 2.15. The Labute approximate surface area is 118 Å². The third-order valence-corrected chi connectivity index (χ3v) is 3.15. The van der Waals surface area contributed by atoms with Crippen molar-refractivity contribution in [1.29, 1.82) is 0 Å². The SMILES string of the molecule is O=c1[nH]c2ccccc2cc1-c1noc(-c2ccco2)n1. The first-order chi connectivity index (χ1) is 10.3. The number of nitrogens with zero attached hydrogens (tertiary/aromatic N) is 2. The summed E-state index contributed by atoms with van der Waals surface area (Å²) in [5.41, 5.74) is 0.858. The van der Waals surface area contributed by atoms with Gasteiger partial charge in [0.15, 0.2) is 5.76 Å². The Balaban J connectivity index is 1.87. The number of para-hydroxylation sites is 1. The maximum absolute atomic E-state index is 12.1. The highest BCUT2D eigenvalue weighted by atomic mass is 16.5. The van der Waals surface area contributed by atoms with Crippen LogP contribution in [0.4, 0.5) is 0 Å². The van der Waals surface area contributed by atoms with Crippen LogP contribution in [0.1, 0.15) is 0 Å². The molecule has 1 N–H and O–H groups in total. The van der Waals surface area contributed by atoms with Crippen molar-refractivity contribution in [3.05, 3.63) is 59.1 Å². The molecule has 0 radical (unpaired) electrons. The van der Waals surface area contributed by atoms with E-state index in [2.05, 4.69) is 15.1 Å². The number of hydrogen-bond acceptors (Lipinski definition) is 5. The minimum Gasteiger partial charge on any atom is -0.459 e. The summed E-state index contributed by atoms with van der Waals surface area (Å²) in [4.78, 5) is 19.1. The van der Waals surface area contributed by atoms with Gasteiger partial charge in [0, 0.05) is 5.52 Å². The van der Waals surface area contributed by atoms with Crippen LogP contribution in [-0.4, -0.2) is 15.1 Å². The molecule has 21 heavy (non-hydrogen) atoms. The molecule has 1 aromatic carbocycles. The van der Waals surface area contributed by atoms with Crippen molar-refractivity contribution in [2.24, 2.45) is 0 Å². The van der Waals surface area contributed by atoms with E-state index in [1.54, 1.807) is 18.2 Å². The summed E-state index contributed by atoms with van der Waals surface area (Å²) >= 11 is 0. The van der Waals surface area contributed by atoms with Gasteiger partial charge in [0.05, 0.1) is 11.8 Å². The van der Waals surface area contributed by atoms with Gasteiger partial charge in [0.2, 0.25) is 5.82 Å². The van der Waals surface area contributed by atoms with Gasteiger partial charge in [-0.15, -0.1) is 0 Å². The van der Waals surface area contributed by atoms with Crippen molar-refractivity contribution in [3.8, 4) is 23.0 Å². The number of H-pyrrole nitrogens is 1. The van der Waals surface area contributed by atoms with Crippen molar-refractivity contribution in [2.45, 2.75) is 0 Å². The smallest absolute Gasteiger partial charge is 0.293 e. The van der Waals surface area contributed by atoms with Crippen LogP contribution in [0.5, 0.6) is 0 Å². The molecule has 0 aliphatic carbocycles. The van der Waals surface area contributed by atoms with Gasteiger partial charge in [0.1, 0.15) is 0 Å². The van der Waals surface area contributed by atoms with Crippen molar-refractivity contribution >= 4 is 10.9 Å². The lowest BCUT2D eigenvalue weighted by molar-refractivity contribution is 0.417. The second kappa shape index (κ2) is 4.45. The predicted octanol–water partition coefficient (Wildman–Crippen LogP) is 2.84. The largest absolute Gasteiger partial charge is 0.459 e. The van der Waals surface area contributed by atoms with Gasteiger partial charge in [0.25, 0.3) is 11.4 Å². The number of fused-ring (bicyclic) bond motifs is 1. The number of aromatic amines is 1. The number of benzene rings is 1. The summed E-state index contributed by atoms with van der Waals surface area (Å²) in [5.74, 6) is 0.932. The maximum atomic E-state index is 12.1. The number of aromatic nitrogens is 3. The molecular weight excluding hydrogens is 270 g/mol. The third kappa shape index (κ3) is 1.93. The molecule has 0 unspecified atom stereocenters. The van der Waals surface area contributed by atoms with Crippen LogP contribution < -0.4 is 5.56 Å². The van der Waals surface area contributed by atoms with Crippen molar-refractivity contribution in [3.63, 3.8) is 0 Å². The molecule has 0 amide bonds. The predicted molar refractivity (Wildman–Crippen MR) is 75.6 cm³/mol. The third-order valence-electron chi connectivity index (χ3n) is 3.15. The Morgan fingerprint density at radius 3 is 2.86 bits per heavy atom. The number of pyridine rings is 1. The van der Waals surface area contributed by atoms with Crippen molar-refractivity contribution < 1.29 is 8.94 Å². The summed E-state index contributed by atoms with van der Waals surface area (Å²) < 4.78 is 10.3. The highest BCUT2D eigenvalue weighted by molar-refractivity contribution is 5.82. The molecular formula is C15H9N3O3. The normalized spacial score (nSPS) is 11.0. The first-order valence-corrected chi connectivity index (χ1v) is 6.31. The number of nitrogens with one attached hydrogen (secondary N) is 1. The topological polar surface area (TPSA) is 84.9 Å². The average Bonchev–Trinajstić information content (AvgIpc) is 3.17. The van der Waals surface area contributed by atoms with Gasteiger partial charge in [-0.1, -0.05) is 23.4 Å². The second-order valence-corrected chi connectivity index (χ2v) is 4.50. The van der Waals surface area contributed by atoms with Gasteiger partial charge < -0.3 is 13.9 Å². The van der Waals surface area contributed by atoms with Crippen LogP contribution in [0.2, 0.25) is 0 Å². The first-order valence-electron chi connectivity index (χ1n) is 6.31. The van der Waals surface area contributed by atoms with E-state index in [4.69, 9.17) is 8.94 Å². The quantitative estimate of drug-likeness (QED) is 0.609. The molecule has 0 atom stereocenters. The molecule has 4 aromatic rings.